The first-order chi connectivity index (χ1) is 9.02. The zero-order valence-corrected chi connectivity index (χ0v) is 11.7. The van der Waals surface area contributed by atoms with E-state index in [-0.39, 0.29) is 5.91 Å². The van der Waals surface area contributed by atoms with E-state index in [1.54, 1.807) is 6.26 Å². The Morgan fingerprint density at radius 3 is 3.00 bits per heavy atom. The lowest BCUT2D eigenvalue weighted by atomic mass is 9.85. The number of rotatable bonds is 3. The van der Waals surface area contributed by atoms with Gasteiger partial charge in [0.15, 0.2) is 5.76 Å². The van der Waals surface area contributed by atoms with Crippen LogP contribution >= 0.6 is 0 Å². The van der Waals surface area contributed by atoms with Crippen molar-refractivity contribution in [2.45, 2.75) is 39.7 Å². The Hall–Kier alpha value is -1.33. The molecule has 106 valence electrons. The van der Waals surface area contributed by atoms with Crippen LogP contribution in [0.25, 0.3) is 0 Å². The average molecular weight is 265 g/mol. The SMILES string of the molecule is CC1(C)CCCN(Cc2ccoc2C(=O)NN)CC1. The van der Waals surface area contributed by atoms with Crippen molar-refractivity contribution >= 4 is 5.91 Å². The molecule has 1 aromatic rings. The lowest BCUT2D eigenvalue weighted by Crippen LogP contribution is -2.31. The van der Waals surface area contributed by atoms with Crippen LogP contribution in [0, 0.1) is 5.41 Å². The standard InChI is InChI=1S/C14H23N3O2/c1-14(2)5-3-7-17(8-6-14)10-11-4-9-19-12(11)13(18)16-15/h4,9H,3,5-8,10,15H2,1-2H3,(H,16,18). The minimum atomic E-state index is -0.366. The number of carbonyl (C=O) groups is 1. The molecule has 0 spiro atoms. The van der Waals surface area contributed by atoms with E-state index in [1.165, 1.54) is 19.3 Å². The maximum absolute atomic E-state index is 11.6. The molecule has 0 bridgehead atoms. The van der Waals surface area contributed by atoms with Crippen molar-refractivity contribution in [2.24, 2.45) is 11.3 Å². The molecule has 0 aromatic carbocycles. The molecule has 3 N–H and O–H groups in total. The van der Waals surface area contributed by atoms with Crippen LogP contribution in [0.2, 0.25) is 0 Å². The number of hydrogen-bond donors (Lipinski definition) is 2. The fourth-order valence-electron chi connectivity index (χ4n) is 2.60. The number of amides is 1. The first-order valence-corrected chi connectivity index (χ1v) is 6.81. The van der Waals surface area contributed by atoms with Gasteiger partial charge in [-0.15, -0.1) is 0 Å². The fourth-order valence-corrected chi connectivity index (χ4v) is 2.60. The van der Waals surface area contributed by atoms with Crippen molar-refractivity contribution in [3.8, 4) is 0 Å². The average Bonchev–Trinajstić information content (AvgIpc) is 2.75. The summed E-state index contributed by atoms with van der Waals surface area (Å²) in [4.78, 5) is 13.9. The van der Waals surface area contributed by atoms with Gasteiger partial charge >= 0.3 is 5.91 Å². The molecule has 0 aliphatic carbocycles. The summed E-state index contributed by atoms with van der Waals surface area (Å²) in [5, 5.41) is 0. The molecular weight excluding hydrogens is 242 g/mol. The van der Waals surface area contributed by atoms with E-state index < -0.39 is 0 Å². The Morgan fingerprint density at radius 1 is 1.47 bits per heavy atom. The number of hydrazine groups is 1. The number of nitrogens with zero attached hydrogens (tertiary/aromatic N) is 1. The van der Waals surface area contributed by atoms with Crippen molar-refractivity contribution in [3.05, 3.63) is 23.7 Å². The van der Waals surface area contributed by atoms with Gasteiger partial charge in [0.2, 0.25) is 0 Å². The largest absolute Gasteiger partial charge is 0.459 e. The van der Waals surface area contributed by atoms with E-state index >= 15 is 0 Å². The molecule has 0 atom stereocenters. The molecule has 5 heteroatoms. The molecule has 1 amide bonds. The third-order valence-corrected chi connectivity index (χ3v) is 3.91. The van der Waals surface area contributed by atoms with Crippen LogP contribution < -0.4 is 11.3 Å². The summed E-state index contributed by atoms with van der Waals surface area (Å²) in [5.41, 5.74) is 3.44. The fraction of sp³-hybridized carbons (Fsp3) is 0.643. The van der Waals surface area contributed by atoms with Crippen LogP contribution in [0.4, 0.5) is 0 Å². The molecule has 2 heterocycles. The van der Waals surface area contributed by atoms with Gasteiger partial charge in [-0.1, -0.05) is 13.8 Å². The van der Waals surface area contributed by atoms with Crippen LogP contribution in [0.5, 0.6) is 0 Å². The second-order valence-electron chi connectivity index (χ2n) is 6.04. The second kappa shape index (κ2) is 5.75. The molecule has 0 radical (unpaired) electrons. The van der Waals surface area contributed by atoms with Gasteiger partial charge in [-0.2, -0.15) is 0 Å². The number of nitrogens with two attached hydrogens (primary N) is 1. The van der Waals surface area contributed by atoms with Crippen LogP contribution in [0.3, 0.4) is 0 Å². The Labute approximate surface area is 114 Å². The lowest BCUT2D eigenvalue weighted by Gasteiger charge is -2.23. The van der Waals surface area contributed by atoms with Crippen molar-refractivity contribution < 1.29 is 9.21 Å². The maximum atomic E-state index is 11.6. The number of nitrogens with one attached hydrogen (secondary N) is 1. The molecule has 1 aliphatic heterocycles. The summed E-state index contributed by atoms with van der Waals surface area (Å²) in [5.74, 6) is 5.11. The predicted molar refractivity (Wildman–Crippen MR) is 73.3 cm³/mol. The van der Waals surface area contributed by atoms with Gasteiger partial charge in [0.25, 0.3) is 0 Å². The normalized spacial score (nSPS) is 19.9. The summed E-state index contributed by atoms with van der Waals surface area (Å²) in [6.07, 6.45) is 5.18. The van der Waals surface area contributed by atoms with E-state index in [1.807, 2.05) is 6.07 Å². The van der Waals surface area contributed by atoms with E-state index in [4.69, 9.17) is 10.3 Å². The number of furan rings is 1. The second-order valence-corrected chi connectivity index (χ2v) is 6.04. The highest BCUT2D eigenvalue weighted by atomic mass is 16.3. The van der Waals surface area contributed by atoms with Crippen LogP contribution in [0.15, 0.2) is 16.7 Å². The zero-order chi connectivity index (χ0) is 13.9. The Morgan fingerprint density at radius 2 is 2.26 bits per heavy atom. The summed E-state index contributed by atoms with van der Waals surface area (Å²) < 4.78 is 5.21. The molecule has 1 aliphatic rings. The quantitative estimate of drug-likeness (QED) is 0.497. The van der Waals surface area contributed by atoms with Gasteiger partial charge in [0.1, 0.15) is 0 Å². The van der Waals surface area contributed by atoms with Crippen molar-refractivity contribution in [3.63, 3.8) is 0 Å². The van der Waals surface area contributed by atoms with Crippen molar-refractivity contribution in [2.75, 3.05) is 13.1 Å². The number of likely N-dealkylation sites (tertiary alicyclic amines) is 1. The molecule has 1 aromatic heterocycles. The Bertz CT molecular complexity index is 440. The smallest absolute Gasteiger partial charge is 0.301 e. The molecular formula is C14H23N3O2. The number of nitrogen functional groups attached to an aromatic ring is 1. The Balaban J connectivity index is 2.01. The van der Waals surface area contributed by atoms with Crippen LogP contribution in [0.1, 0.15) is 49.2 Å². The highest BCUT2D eigenvalue weighted by Crippen LogP contribution is 2.30. The molecule has 2 rings (SSSR count). The topological polar surface area (TPSA) is 71.5 Å². The highest BCUT2D eigenvalue weighted by molar-refractivity contribution is 5.92. The predicted octanol–water partition coefficient (Wildman–Crippen LogP) is 1.90. The molecule has 0 saturated carbocycles. The minimum absolute atomic E-state index is 0.325. The summed E-state index contributed by atoms with van der Waals surface area (Å²) in [6.45, 7) is 7.51. The van der Waals surface area contributed by atoms with Gasteiger partial charge in [0.05, 0.1) is 6.26 Å². The summed E-state index contributed by atoms with van der Waals surface area (Å²) in [7, 11) is 0. The lowest BCUT2D eigenvalue weighted by molar-refractivity contribution is 0.0923. The van der Waals surface area contributed by atoms with Gasteiger partial charge < -0.3 is 4.42 Å². The minimum Gasteiger partial charge on any atom is -0.459 e. The number of hydrogen-bond acceptors (Lipinski definition) is 4. The summed E-state index contributed by atoms with van der Waals surface area (Å²) >= 11 is 0. The van der Waals surface area contributed by atoms with Gasteiger partial charge in [0, 0.05) is 12.1 Å². The van der Waals surface area contributed by atoms with E-state index in [0.29, 0.717) is 11.2 Å². The van der Waals surface area contributed by atoms with Crippen LogP contribution in [-0.2, 0) is 6.54 Å². The molecule has 1 fully saturated rings. The first kappa shape index (κ1) is 14.1. The zero-order valence-electron chi connectivity index (χ0n) is 11.7. The third-order valence-electron chi connectivity index (χ3n) is 3.91. The number of carbonyl (C=O) groups excluding carboxylic acids is 1. The third kappa shape index (κ3) is 3.58. The molecule has 0 unspecified atom stereocenters. The maximum Gasteiger partial charge on any atom is 0.301 e. The summed E-state index contributed by atoms with van der Waals surface area (Å²) in [6, 6.07) is 1.85. The van der Waals surface area contributed by atoms with Gasteiger partial charge in [-0.3, -0.25) is 15.1 Å². The van der Waals surface area contributed by atoms with E-state index in [9.17, 15) is 4.79 Å². The molecule has 5 nitrogen and oxygen atoms in total. The van der Waals surface area contributed by atoms with Gasteiger partial charge in [-0.25, -0.2) is 5.84 Å². The van der Waals surface area contributed by atoms with Crippen LogP contribution in [-0.4, -0.2) is 23.9 Å². The first-order valence-electron chi connectivity index (χ1n) is 6.81. The Kier molecular flexibility index (Phi) is 4.27. The highest BCUT2D eigenvalue weighted by Gasteiger charge is 2.24. The monoisotopic (exact) mass is 265 g/mol. The molecule has 19 heavy (non-hydrogen) atoms. The van der Waals surface area contributed by atoms with Crippen molar-refractivity contribution in [1.29, 1.82) is 0 Å². The van der Waals surface area contributed by atoms with E-state index in [2.05, 4.69) is 24.2 Å². The molecule has 1 saturated heterocycles. The van der Waals surface area contributed by atoms with E-state index in [0.717, 1.165) is 25.2 Å². The van der Waals surface area contributed by atoms with Gasteiger partial charge in [-0.05, 0) is 43.8 Å². The van der Waals surface area contributed by atoms with Crippen molar-refractivity contribution in [1.82, 2.24) is 10.3 Å².